The lowest BCUT2D eigenvalue weighted by atomic mass is 10.1. The average molecular weight is 311 g/mol. The topological polar surface area (TPSA) is 66.6 Å². The second kappa shape index (κ2) is 6.44. The fourth-order valence-electron chi connectivity index (χ4n) is 2.76. The van der Waals surface area contributed by atoms with Gasteiger partial charge in [0, 0.05) is 31.7 Å². The third-order valence-corrected chi connectivity index (χ3v) is 6.11. The van der Waals surface area contributed by atoms with E-state index in [4.69, 9.17) is 5.73 Å². The summed E-state index contributed by atoms with van der Waals surface area (Å²) in [4.78, 5) is 2.50. The Labute approximate surface area is 127 Å². The third kappa shape index (κ3) is 3.45. The maximum absolute atomic E-state index is 12.8. The van der Waals surface area contributed by atoms with Crippen molar-refractivity contribution in [3.05, 3.63) is 29.8 Å². The molecule has 2 N–H and O–H groups in total. The molecule has 1 aliphatic rings. The van der Waals surface area contributed by atoms with Gasteiger partial charge in [-0.1, -0.05) is 19.1 Å². The molecule has 0 saturated carbocycles. The zero-order valence-corrected chi connectivity index (χ0v) is 13.8. The van der Waals surface area contributed by atoms with Crippen LogP contribution in [0.4, 0.5) is 0 Å². The van der Waals surface area contributed by atoms with Gasteiger partial charge in [-0.15, -0.1) is 0 Å². The van der Waals surface area contributed by atoms with Crippen LogP contribution in [0.2, 0.25) is 0 Å². The molecule has 118 valence electrons. The fraction of sp³-hybridized carbons (Fsp3) is 0.600. The van der Waals surface area contributed by atoms with Crippen molar-refractivity contribution in [2.75, 3.05) is 26.7 Å². The summed E-state index contributed by atoms with van der Waals surface area (Å²) >= 11 is 0. The summed E-state index contributed by atoms with van der Waals surface area (Å²) < 4.78 is 27.3. The van der Waals surface area contributed by atoms with Gasteiger partial charge in [-0.25, -0.2) is 8.42 Å². The van der Waals surface area contributed by atoms with Crippen molar-refractivity contribution in [3.63, 3.8) is 0 Å². The zero-order valence-electron chi connectivity index (χ0n) is 13.0. The van der Waals surface area contributed by atoms with Gasteiger partial charge in [-0.2, -0.15) is 4.31 Å². The van der Waals surface area contributed by atoms with E-state index in [-0.39, 0.29) is 12.1 Å². The van der Waals surface area contributed by atoms with E-state index >= 15 is 0 Å². The van der Waals surface area contributed by atoms with E-state index in [2.05, 4.69) is 4.90 Å². The first-order valence-corrected chi connectivity index (χ1v) is 8.86. The highest BCUT2D eigenvalue weighted by molar-refractivity contribution is 7.89. The number of sulfonamides is 1. The van der Waals surface area contributed by atoms with E-state index < -0.39 is 10.0 Å². The lowest BCUT2D eigenvalue weighted by molar-refractivity contribution is 0.170. The number of likely N-dealkylation sites (N-methyl/N-ethyl adjacent to an activating group) is 1. The Morgan fingerprint density at radius 1 is 1.38 bits per heavy atom. The van der Waals surface area contributed by atoms with Gasteiger partial charge in [-0.05, 0) is 38.1 Å². The van der Waals surface area contributed by atoms with Crippen LogP contribution in [0, 0.1) is 0 Å². The second-order valence-corrected chi connectivity index (χ2v) is 7.70. The molecule has 0 bridgehead atoms. The van der Waals surface area contributed by atoms with Gasteiger partial charge < -0.3 is 10.6 Å². The first-order valence-electron chi connectivity index (χ1n) is 7.42. The summed E-state index contributed by atoms with van der Waals surface area (Å²) in [7, 11) is -1.43. The predicted molar refractivity (Wildman–Crippen MR) is 84.5 cm³/mol. The van der Waals surface area contributed by atoms with Crippen LogP contribution in [0.5, 0.6) is 0 Å². The maximum atomic E-state index is 12.8. The molecule has 1 aromatic carbocycles. The largest absolute Gasteiger partial charge is 0.324 e. The van der Waals surface area contributed by atoms with Crippen molar-refractivity contribution in [3.8, 4) is 0 Å². The van der Waals surface area contributed by atoms with Crippen LogP contribution in [-0.2, 0) is 10.0 Å². The minimum absolute atomic E-state index is 0.0164. The molecule has 2 atom stereocenters. The second-order valence-electron chi connectivity index (χ2n) is 5.81. The van der Waals surface area contributed by atoms with Crippen molar-refractivity contribution >= 4 is 10.0 Å². The van der Waals surface area contributed by atoms with Crippen molar-refractivity contribution in [2.24, 2.45) is 5.73 Å². The van der Waals surface area contributed by atoms with Crippen molar-refractivity contribution in [1.82, 2.24) is 9.21 Å². The number of hydrogen-bond donors (Lipinski definition) is 1. The molecule has 1 heterocycles. The summed E-state index contributed by atoms with van der Waals surface area (Å²) in [5.74, 6) is 0. The molecular formula is C15H25N3O2S. The SMILES string of the molecule is CCC(N)c1cccc(S(=O)(=O)N2CCN(C)CC2C)c1. The summed E-state index contributed by atoms with van der Waals surface area (Å²) in [6.45, 7) is 6.00. The van der Waals surface area contributed by atoms with Gasteiger partial charge in [0.15, 0.2) is 0 Å². The Bertz CT molecular complexity index is 588. The highest BCUT2D eigenvalue weighted by atomic mass is 32.2. The first kappa shape index (κ1) is 16.4. The first-order chi connectivity index (χ1) is 9.86. The Hall–Kier alpha value is -0.950. The zero-order chi connectivity index (χ0) is 15.6. The molecule has 1 saturated heterocycles. The summed E-state index contributed by atoms with van der Waals surface area (Å²) in [6, 6.07) is 6.90. The van der Waals surface area contributed by atoms with Crippen LogP contribution in [0.3, 0.4) is 0 Å². The number of piperazine rings is 1. The number of rotatable bonds is 4. The summed E-state index contributed by atoms with van der Waals surface area (Å²) in [5, 5.41) is 0. The fourth-order valence-corrected chi connectivity index (χ4v) is 4.43. The lowest BCUT2D eigenvalue weighted by Crippen LogP contribution is -2.52. The van der Waals surface area contributed by atoms with E-state index in [0.29, 0.717) is 11.4 Å². The monoisotopic (exact) mass is 311 g/mol. The third-order valence-electron chi connectivity index (χ3n) is 4.10. The van der Waals surface area contributed by atoms with E-state index in [1.54, 1.807) is 22.5 Å². The molecule has 0 spiro atoms. The molecule has 0 aliphatic carbocycles. The molecule has 2 unspecified atom stereocenters. The maximum Gasteiger partial charge on any atom is 0.243 e. The summed E-state index contributed by atoms with van der Waals surface area (Å²) in [5.41, 5.74) is 6.89. The molecule has 1 aliphatic heterocycles. The van der Waals surface area contributed by atoms with Crippen LogP contribution in [0.25, 0.3) is 0 Å². The molecule has 2 rings (SSSR count). The van der Waals surface area contributed by atoms with E-state index in [1.165, 1.54) is 0 Å². The smallest absolute Gasteiger partial charge is 0.243 e. The molecule has 0 radical (unpaired) electrons. The molecule has 1 aromatic rings. The average Bonchev–Trinajstić information content (AvgIpc) is 2.46. The van der Waals surface area contributed by atoms with E-state index in [0.717, 1.165) is 25.1 Å². The van der Waals surface area contributed by atoms with Crippen LogP contribution < -0.4 is 5.73 Å². The van der Waals surface area contributed by atoms with Crippen molar-refractivity contribution in [2.45, 2.75) is 37.2 Å². The Morgan fingerprint density at radius 3 is 2.71 bits per heavy atom. The number of nitrogens with zero attached hydrogens (tertiary/aromatic N) is 2. The van der Waals surface area contributed by atoms with Crippen LogP contribution in [-0.4, -0.2) is 50.3 Å². The minimum atomic E-state index is -3.45. The quantitative estimate of drug-likeness (QED) is 0.913. The van der Waals surface area contributed by atoms with Crippen molar-refractivity contribution < 1.29 is 8.42 Å². The van der Waals surface area contributed by atoms with Gasteiger partial charge in [0.2, 0.25) is 10.0 Å². The van der Waals surface area contributed by atoms with Crippen molar-refractivity contribution in [1.29, 1.82) is 0 Å². The highest BCUT2D eigenvalue weighted by Gasteiger charge is 2.32. The number of nitrogens with two attached hydrogens (primary N) is 1. The van der Waals surface area contributed by atoms with E-state index in [1.807, 2.05) is 27.0 Å². The predicted octanol–water partition coefficient (Wildman–Crippen LogP) is 1.42. The molecule has 6 heteroatoms. The Morgan fingerprint density at radius 2 is 2.10 bits per heavy atom. The van der Waals surface area contributed by atoms with Crippen LogP contribution >= 0.6 is 0 Å². The van der Waals surface area contributed by atoms with Gasteiger partial charge in [0.25, 0.3) is 0 Å². The van der Waals surface area contributed by atoms with Gasteiger partial charge in [0.1, 0.15) is 0 Å². The number of benzene rings is 1. The lowest BCUT2D eigenvalue weighted by Gasteiger charge is -2.37. The normalized spacial score (nSPS) is 23.1. The standard InChI is InChI=1S/C15H25N3O2S/c1-4-15(16)13-6-5-7-14(10-13)21(19,20)18-9-8-17(3)11-12(18)2/h5-7,10,12,15H,4,8-9,11,16H2,1-3H3. The molecular weight excluding hydrogens is 286 g/mol. The van der Waals surface area contributed by atoms with Crippen LogP contribution in [0.1, 0.15) is 31.9 Å². The Kier molecular flexibility index (Phi) is 5.03. The van der Waals surface area contributed by atoms with E-state index in [9.17, 15) is 8.42 Å². The molecule has 5 nitrogen and oxygen atoms in total. The number of hydrogen-bond acceptors (Lipinski definition) is 4. The van der Waals surface area contributed by atoms with Crippen LogP contribution in [0.15, 0.2) is 29.2 Å². The Balaban J connectivity index is 2.31. The minimum Gasteiger partial charge on any atom is -0.324 e. The van der Waals surface area contributed by atoms with Gasteiger partial charge in [-0.3, -0.25) is 0 Å². The van der Waals surface area contributed by atoms with Gasteiger partial charge >= 0.3 is 0 Å². The molecule has 0 aromatic heterocycles. The molecule has 1 fully saturated rings. The highest BCUT2D eigenvalue weighted by Crippen LogP contribution is 2.24. The molecule has 21 heavy (non-hydrogen) atoms. The summed E-state index contributed by atoms with van der Waals surface area (Å²) in [6.07, 6.45) is 0.786. The molecule has 0 amide bonds. The van der Waals surface area contributed by atoms with Gasteiger partial charge in [0.05, 0.1) is 4.90 Å².